The van der Waals surface area contributed by atoms with Crippen LogP contribution in [-0.2, 0) is 16.0 Å². The van der Waals surface area contributed by atoms with E-state index in [9.17, 15) is 19.8 Å². The Balaban J connectivity index is 2.68. The topological polar surface area (TPSA) is 74.6 Å². The van der Waals surface area contributed by atoms with E-state index in [0.29, 0.717) is 12.8 Å². The second-order valence-corrected chi connectivity index (χ2v) is 5.63. The molecular formula is C17H24O4. The van der Waals surface area contributed by atoms with Crippen molar-refractivity contribution in [2.45, 2.75) is 39.5 Å². The Morgan fingerprint density at radius 2 is 1.71 bits per heavy atom. The molecule has 0 heterocycles. The Bertz CT molecular complexity index is 455. The fraction of sp³-hybridized carbons (Fsp3) is 0.529. The number of carboxylic acids is 2. The van der Waals surface area contributed by atoms with Crippen LogP contribution in [0.25, 0.3) is 0 Å². The Morgan fingerprint density at radius 3 is 2.19 bits per heavy atom. The van der Waals surface area contributed by atoms with Crippen LogP contribution >= 0.6 is 0 Å². The normalized spacial score (nSPS) is 15.1. The van der Waals surface area contributed by atoms with E-state index in [1.165, 1.54) is 0 Å². The molecule has 116 valence electrons. The number of rotatable bonds is 9. The van der Waals surface area contributed by atoms with Crippen LogP contribution in [0.2, 0.25) is 0 Å². The summed E-state index contributed by atoms with van der Waals surface area (Å²) in [4.78, 5) is 22.7. The third-order valence-electron chi connectivity index (χ3n) is 4.16. The first kappa shape index (κ1) is 17.2. The minimum absolute atomic E-state index is 0.0129. The van der Waals surface area contributed by atoms with Crippen LogP contribution in [0.5, 0.6) is 0 Å². The molecule has 4 heteroatoms. The molecular weight excluding hydrogens is 268 g/mol. The summed E-state index contributed by atoms with van der Waals surface area (Å²) in [5.74, 6) is -3.01. The van der Waals surface area contributed by atoms with Gasteiger partial charge in [0.05, 0.1) is 11.8 Å². The molecule has 0 fully saturated rings. The van der Waals surface area contributed by atoms with Crippen molar-refractivity contribution in [2.24, 2.45) is 17.8 Å². The summed E-state index contributed by atoms with van der Waals surface area (Å²) < 4.78 is 0. The lowest BCUT2D eigenvalue weighted by molar-refractivity contribution is -0.147. The zero-order valence-corrected chi connectivity index (χ0v) is 12.7. The summed E-state index contributed by atoms with van der Waals surface area (Å²) in [6.07, 6.45) is 2.07. The zero-order chi connectivity index (χ0) is 15.8. The van der Waals surface area contributed by atoms with Crippen molar-refractivity contribution in [1.29, 1.82) is 0 Å². The van der Waals surface area contributed by atoms with Gasteiger partial charge in [-0.3, -0.25) is 9.59 Å². The summed E-state index contributed by atoms with van der Waals surface area (Å²) in [6.45, 7) is 3.80. The van der Waals surface area contributed by atoms with Gasteiger partial charge >= 0.3 is 11.9 Å². The molecule has 0 bridgehead atoms. The molecule has 3 atom stereocenters. The SMILES string of the molecule is CCC(C)C(CC(CCc1ccccc1)C(=O)O)C(=O)O. The monoisotopic (exact) mass is 292 g/mol. The van der Waals surface area contributed by atoms with E-state index >= 15 is 0 Å². The van der Waals surface area contributed by atoms with Crippen LogP contribution in [0.15, 0.2) is 30.3 Å². The lowest BCUT2D eigenvalue weighted by atomic mass is 9.82. The van der Waals surface area contributed by atoms with Crippen molar-refractivity contribution in [3.8, 4) is 0 Å². The lowest BCUT2D eigenvalue weighted by Crippen LogP contribution is -2.27. The molecule has 1 rings (SSSR count). The summed E-state index contributed by atoms with van der Waals surface area (Å²) in [5.41, 5.74) is 1.08. The maximum Gasteiger partial charge on any atom is 0.306 e. The molecule has 0 radical (unpaired) electrons. The van der Waals surface area contributed by atoms with Gasteiger partial charge in [0.2, 0.25) is 0 Å². The molecule has 0 spiro atoms. The molecule has 21 heavy (non-hydrogen) atoms. The van der Waals surface area contributed by atoms with E-state index in [1.807, 2.05) is 44.2 Å². The van der Waals surface area contributed by atoms with Crippen molar-refractivity contribution in [3.63, 3.8) is 0 Å². The molecule has 0 amide bonds. The summed E-state index contributed by atoms with van der Waals surface area (Å²) in [6, 6.07) is 9.68. The molecule has 2 N–H and O–H groups in total. The van der Waals surface area contributed by atoms with E-state index in [4.69, 9.17) is 0 Å². The minimum Gasteiger partial charge on any atom is -0.481 e. The van der Waals surface area contributed by atoms with Crippen molar-refractivity contribution in [1.82, 2.24) is 0 Å². The zero-order valence-electron chi connectivity index (χ0n) is 12.7. The number of aryl methyl sites for hydroxylation is 1. The predicted octanol–water partition coefficient (Wildman–Crippen LogP) is 3.46. The van der Waals surface area contributed by atoms with Gasteiger partial charge in [-0.2, -0.15) is 0 Å². The smallest absolute Gasteiger partial charge is 0.306 e. The van der Waals surface area contributed by atoms with Crippen LogP contribution in [0.4, 0.5) is 0 Å². The summed E-state index contributed by atoms with van der Waals surface area (Å²) in [5, 5.41) is 18.6. The second kappa shape index (κ2) is 8.45. The lowest BCUT2D eigenvalue weighted by Gasteiger charge is -2.22. The maximum absolute atomic E-state index is 11.4. The third-order valence-corrected chi connectivity index (χ3v) is 4.16. The quantitative estimate of drug-likeness (QED) is 0.731. The van der Waals surface area contributed by atoms with Gasteiger partial charge < -0.3 is 10.2 Å². The van der Waals surface area contributed by atoms with E-state index < -0.39 is 23.8 Å². The summed E-state index contributed by atoms with van der Waals surface area (Å²) >= 11 is 0. The van der Waals surface area contributed by atoms with Crippen molar-refractivity contribution >= 4 is 11.9 Å². The average molecular weight is 292 g/mol. The number of benzene rings is 1. The third kappa shape index (κ3) is 5.58. The van der Waals surface area contributed by atoms with E-state index in [1.54, 1.807) is 0 Å². The first-order valence-electron chi connectivity index (χ1n) is 7.45. The number of hydrogen-bond acceptors (Lipinski definition) is 2. The minimum atomic E-state index is -0.902. The number of aliphatic carboxylic acids is 2. The fourth-order valence-corrected chi connectivity index (χ4v) is 2.50. The molecule has 3 unspecified atom stereocenters. The van der Waals surface area contributed by atoms with Crippen LogP contribution in [0.3, 0.4) is 0 Å². The van der Waals surface area contributed by atoms with Gasteiger partial charge in [0.15, 0.2) is 0 Å². The average Bonchev–Trinajstić information content (AvgIpc) is 2.47. The molecule has 0 aliphatic heterocycles. The van der Waals surface area contributed by atoms with Gasteiger partial charge in [-0.25, -0.2) is 0 Å². The fourth-order valence-electron chi connectivity index (χ4n) is 2.50. The Morgan fingerprint density at radius 1 is 1.10 bits per heavy atom. The van der Waals surface area contributed by atoms with Gasteiger partial charge in [-0.05, 0) is 30.7 Å². The van der Waals surface area contributed by atoms with Crippen molar-refractivity contribution < 1.29 is 19.8 Å². The summed E-state index contributed by atoms with van der Waals surface area (Å²) in [7, 11) is 0. The van der Waals surface area contributed by atoms with E-state index in [-0.39, 0.29) is 12.3 Å². The largest absolute Gasteiger partial charge is 0.481 e. The van der Waals surface area contributed by atoms with Crippen LogP contribution in [-0.4, -0.2) is 22.2 Å². The second-order valence-electron chi connectivity index (χ2n) is 5.63. The molecule has 0 saturated carbocycles. The number of carbonyl (C=O) groups is 2. The molecule has 4 nitrogen and oxygen atoms in total. The first-order valence-corrected chi connectivity index (χ1v) is 7.45. The standard InChI is InChI=1S/C17H24O4/c1-3-12(2)15(17(20)21)11-14(16(18)19)10-9-13-7-5-4-6-8-13/h4-8,12,14-15H,3,9-11H2,1-2H3,(H,18,19)(H,20,21). The highest BCUT2D eigenvalue weighted by molar-refractivity contribution is 5.74. The first-order chi connectivity index (χ1) is 9.95. The van der Waals surface area contributed by atoms with E-state index in [0.717, 1.165) is 12.0 Å². The molecule has 0 aliphatic carbocycles. The van der Waals surface area contributed by atoms with Gasteiger partial charge in [0, 0.05) is 0 Å². The maximum atomic E-state index is 11.4. The van der Waals surface area contributed by atoms with Gasteiger partial charge in [-0.15, -0.1) is 0 Å². The van der Waals surface area contributed by atoms with Crippen LogP contribution in [0, 0.1) is 17.8 Å². The highest BCUT2D eigenvalue weighted by Crippen LogP contribution is 2.26. The molecule has 0 aliphatic rings. The Kier molecular flexibility index (Phi) is 6.92. The van der Waals surface area contributed by atoms with Crippen molar-refractivity contribution in [3.05, 3.63) is 35.9 Å². The number of hydrogen-bond donors (Lipinski definition) is 2. The highest BCUT2D eigenvalue weighted by atomic mass is 16.4. The molecule has 0 saturated heterocycles. The number of carboxylic acid groups (broad SMARTS) is 2. The van der Waals surface area contributed by atoms with Gasteiger partial charge in [0.1, 0.15) is 0 Å². The Hall–Kier alpha value is -1.84. The van der Waals surface area contributed by atoms with Crippen LogP contribution < -0.4 is 0 Å². The molecule has 1 aromatic rings. The predicted molar refractivity (Wildman–Crippen MR) is 81.1 cm³/mol. The van der Waals surface area contributed by atoms with Crippen molar-refractivity contribution in [2.75, 3.05) is 0 Å². The highest BCUT2D eigenvalue weighted by Gasteiger charge is 2.30. The Labute approximate surface area is 125 Å². The van der Waals surface area contributed by atoms with Gasteiger partial charge in [-0.1, -0.05) is 50.6 Å². The van der Waals surface area contributed by atoms with Crippen LogP contribution in [0.1, 0.15) is 38.7 Å². The van der Waals surface area contributed by atoms with Gasteiger partial charge in [0.25, 0.3) is 0 Å². The molecule has 0 aromatic heterocycles. The molecule has 1 aromatic carbocycles. The van der Waals surface area contributed by atoms with E-state index in [2.05, 4.69) is 0 Å².